The molecule has 0 radical (unpaired) electrons. The number of rotatable bonds is 5. The molecule has 0 saturated carbocycles. The quantitative estimate of drug-likeness (QED) is 0.480. The van der Waals surface area contributed by atoms with Crippen LogP contribution in [0.3, 0.4) is 0 Å². The van der Waals surface area contributed by atoms with Gasteiger partial charge in [-0.25, -0.2) is 0 Å². The Morgan fingerprint density at radius 2 is 1.83 bits per heavy atom. The van der Waals surface area contributed by atoms with Gasteiger partial charge in [-0.1, -0.05) is 30.3 Å². The molecule has 0 aliphatic heterocycles. The Labute approximate surface area is 171 Å². The van der Waals surface area contributed by atoms with Gasteiger partial charge in [0.15, 0.2) is 5.76 Å². The molecule has 4 aromatic rings. The van der Waals surface area contributed by atoms with Crippen molar-refractivity contribution in [2.24, 2.45) is 0 Å². The zero-order chi connectivity index (χ0) is 20.2. The number of hydrogen-bond acceptors (Lipinski definition) is 5. The largest absolute Gasteiger partial charge is 0.488 e. The van der Waals surface area contributed by atoms with Gasteiger partial charge in [-0.15, -0.1) is 11.3 Å². The molecule has 6 nitrogen and oxygen atoms in total. The maximum Gasteiger partial charge on any atom is 0.305 e. The van der Waals surface area contributed by atoms with E-state index in [1.165, 1.54) is 0 Å². The second-order valence-corrected chi connectivity index (χ2v) is 7.39. The fourth-order valence-electron chi connectivity index (χ4n) is 2.91. The number of nitrogens with one attached hydrogen (secondary N) is 2. The van der Waals surface area contributed by atoms with Crippen molar-refractivity contribution in [1.82, 2.24) is 10.9 Å². The molecule has 0 saturated heterocycles. The van der Waals surface area contributed by atoms with Crippen molar-refractivity contribution in [1.29, 1.82) is 0 Å². The average Bonchev–Trinajstić information content (AvgIpc) is 3.39. The number of furan rings is 1. The van der Waals surface area contributed by atoms with Gasteiger partial charge < -0.3 is 9.15 Å². The molecule has 2 aromatic heterocycles. The van der Waals surface area contributed by atoms with E-state index in [9.17, 15) is 9.59 Å². The lowest BCUT2D eigenvalue weighted by Gasteiger charge is -2.09. The smallest absolute Gasteiger partial charge is 0.305 e. The molecule has 0 bridgehead atoms. The Morgan fingerprint density at radius 3 is 2.62 bits per heavy atom. The molecule has 0 atom stereocenters. The van der Waals surface area contributed by atoms with Crippen LogP contribution < -0.4 is 15.6 Å². The summed E-state index contributed by atoms with van der Waals surface area (Å²) in [6, 6.07) is 18.1. The van der Waals surface area contributed by atoms with Gasteiger partial charge in [0, 0.05) is 21.4 Å². The lowest BCUT2D eigenvalue weighted by atomic mass is 10.1. The minimum absolute atomic E-state index is 0.166. The van der Waals surface area contributed by atoms with Crippen LogP contribution >= 0.6 is 11.3 Å². The lowest BCUT2D eigenvalue weighted by Crippen LogP contribution is -2.41. The van der Waals surface area contributed by atoms with Gasteiger partial charge in [0.05, 0.1) is 0 Å². The Kier molecular flexibility index (Phi) is 5.31. The molecule has 0 spiro atoms. The van der Waals surface area contributed by atoms with Gasteiger partial charge >= 0.3 is 5.91 Å². The molecule has 146 valence electrons. The number of fused-ring (bicyclic) bond motifs is 1. The second-order valence-electron chi connectivity index (χ2n) is 6.36. The molecule has 0 aliphatic carbocycles. The second kappa shape index (κ2) is 8.20. The summed E-state index contributed by atoms with van der Waals surface area (Å²) in [5.41, 5.74) is 6.53. The highest BCUT2D eigenvalue weighted by Gasteiger charge is 2.18. The molecule has 2 aromatic carbocycles. The van der Waals surface area contributed by atoms with Crippen molar-refractivity contribution >= 4 is 34.1 Å². The van der Waals surface area contributed by atoms with Crippen LogP contribution in [0.25, 0.3) is 11.0 Å². The first-order valence-electron chi connectivity index (χ1n) is 8.96. The molecule has 2 N–H and O–H groups in total. The Balaban J connectivity index is 1.39. The molecule has 4 rings (SSSR count). The first kappa shape index (κ1) is 18.8. The van der Waals surface area contributed by atoms with Gasteiger partial charge in [0.1, 0.15) is 17.9 Å². The highest BCUT2D eigenvalue weighted by molar-refractivity contribution is 7.09. The summed E-state index contributed by atoms with van der Waals surface area (Å²) in [5, 5.41) is 2.84. The molecule has 29 heavy (non-hydrogen) atoms. The van der Waals surface area contributed by atoms with Crippen LogP contribution in [-0.2, 0) is 6.61 Å². The molecular formula is C22H18N2O4S. The van der Waals surface area contributed by atoms with Crippen LogP contribution in [0, 0.1) is 6.92 Å². The summed E-state index contributed by atoms with van der Waals surface area (Å²) >= 11 is 1.60. The van der Waals surface area contributed by atoms with Crippen molar-refractivity contribution in [3.05, 3.63) is 87.8 Å². The number of hydrazine groups is 1. The number of para-hydroxylation sites is 1. The van der Waals surface area contributed by atoms with Crippen molar-refractivity contribution < 1.29 is 18.7 Å². The normalized spacial score (nSPS) is 10.7. The van der Waals surface area contributed by atoms with E-state index in [0.29, 0.717) is 23.5 Å². The third-order valence-corrected chi connectivity index (χ3v) is 5.25. The van der Waals surface area contributed by atoms with Crippen molar-refractivity contribution in [2.75, 3.05) is 0 Å². The zero-order valence-corrected chi connectivity index (χ0v) is 16.4. The van der Waals surface area contributed by atoms with Crippen molar-refractivity contribution in [3.63, 3.8) is 0 Å². The summed E-state index contributed by atoms with van der Waals surface area (Å²) in [6.45, 7) is 2.24. The number of thiophene rings is 1. The molecule has 2 heterocycles. The SMILES string of the molecule is Cc1c(C(=O)NNC(=O)c2cccc(OCc3cccs3)c2)oc2ccccc12. The number of hydrogen-bond donors (Lipinski definition) is 2. The average molecular weight is 406 g/mol. The number of ether oxygens (including phenoxy) is 1. The number of amides is 2. The first-order valence-corrected chi connectivity index (χ1v) is 9.84. The fourth-order valence-corrected chi connectivity index (χ4v) is 3.53. The number of benzene rings is 2. The van der Waals surface area contributed by atoms with Crippen LogP contribution in [-0.4, -0.2) is 11.8 Å². The lowest BCUT2D eigenvalue weighted by molar-refractivity contribution is 0.0831. The standard InChI is InChI=1S/C22H18N2O4S/c1-14-18-9-2-3-10-19(18)28-20(14)22(26)24-23-21(25)15-6-4-7-16(12-15)27-13-17-8-5-11-29-17/h2-12H,13H2,1H3,(H,23,25)(H,24,26). The minimum Gasteiger partial charge on any atom is -0.488 e. The Bertz CT molecular complexity index is 1160. The summed E-state index contributed by atoms with van der Waals surface area (Å²) in [5.74, 6) is -0.226. The Hall–Kier alpha value is -3.58. The third kappa shape index (κ3) is 4.14. The summed E-state index contributed by atoms with van der Waals surface area (Å²) in [4.78, 5) is 25.9. The number of aryl methyl sites for hydroxylation is 1. The molecule has 0 fully saturated rings. The highest BCUT2D eigenvalue weighted by atomic mass is 32.1. The monoisotopic (exact) mass is 406 g/mol. The fraction of sp³-hybridized carbons (Fsp3) is 0.0909. The predicted octanol–water partition coefficient (Wildman–Crippen LogP) is 4.46. The maximum atomic E-state index is 12.4. The molecule has 2 amide bonds. The predicted molar refractivity (Wildman–Crippen MR) is 111 cm³/mol. The van der Waals surface area contributed by atoms with Gasteiger partial charge in [-0.2, -0.15) is 0 Å². The topological polar surface area (TPSA) is 80.6 Å². The number of carbonyl (C=O) groups is 2. The summed E-state index contributed by atoms with van der Waals surface area (Å²) in [6.07, 6.45) is 0. The first-order chi connectivity index (χ1) is 14.1. The third-order valence-electron chi connectivity index (χ3n) is 4.40. The van der Waals surface area contributed by atoms with Crippen molar-refractivity contribution in [2.45, 2.75) is 13.5 Å². The molecule has 0 aliphatic rings. The van der Waals surface area contributed by atoms with E-state index in [4.69, 9.17) is 9.15 Å². The van der Waals surface area contributed by atoms with Gasteiger partial charge in [-0.3, -0.25) is 20.4 Å². The van der Waals surface area contributed by atoms with E-state index in [1.54, 1.807) is 48.6 Å². The Morgan fingerprint density at radius 1 is 1.00 bits per heavy atom. The van der Waals surface area contributed by atoms with Crippen LogP contribution in [0.15, 0.2) is 70.5 Å². The van der Waals surface area contributed by atoms with E-state index in [-0.39, 0.29) is 5.76 Å². The van der Waals surface area contributed by atoms with E-state index in [1.807, 2.05) is 35.7 Å². The summed E-state index contributed by atoms with van der Waals surface area (Å²) in [7, 11) is 0. The van der Waals surface area contributed by atoms with E-state index in [2.05, 4.69) is 10.9 Å². The van der Waals surface area contributed by atoms with E-state index < -0.39 is 11.8 Å². The van der Waals surface area contributed by atoms with Gasteiger partial charge in [0.2, 0.25) is 0 Å². The van der Waals surface area contributed by atoms with Gasteiger partial charge in [-0.05, 0) is 42.6 Å². The summed E-state index contributed by atoms with van der Waals surface area (Å²) < 4.78 is 11.3. The molecule has 7 heteroatoms. The van der Waals surface area contributed by atoms with E-state index in [0.717, 1.165) is 15.8 Å². The molecule has 0 unspecified atom stereocenters. The van der Waals surface area contributed by atoms with Crippen LogP contribution in [0.1, 0.15) is 31.4 Å². The molecular weight excluding hydrogens is 388 g/mol. The number of carbonyl (C=O) groups excluding carboxylic acids is 2. The van der Waals surface area contributed by atoms with Crippen LogP contribution in [0.4, 0.5) is 0 Å². The highest BCUT2D eigenvalue weighted by Crippen LogP contribution is 2.24. The minimum atomic E-state index is -0.517. The van der Waals surface area contributed by atoms with Crippen LogP contribution in [0.5, 0.6) is 5.75 Å². The van der Waals surface area contributed by atoms with E-state index >= 15 is 0 Å². The van der Waals surface area contributed by atoms with Crippen LogP contribution in [0.2, 0.25) is 0 Å². The van der Waals surface area contributed by atoms with Crippen molar-refractivity contribution in [3.8, 4) is 5.75 Å². The zero-order valence-electron chi connectivity index (χ0n) is 15.6. The maximum absolute atomic E-state index is 12.4. The van der Waals surface area contributed by atoms with Gasteiger partial charge in [0.25, 0.3) is 5.91 Å².